The van der Waals surface area contributed by atoms with E-state index in [9.17, 15) is 4.79 Å². The van der Waals surface area contributed by atoms with Gasteiger partial charge >= 0.3 is 0 Å². The van der Waals surface area contributed by atoms with Gasteiger partial charge in [-0.05, 0) is 12.1 Å². The third-order valence-corrected chi connectivity index (χ3v) is 3.27. The number of benzene rings is 1. The van der Waals surface area contributed by atoms with Gasteiger partial charge in [-0.2, -0.15) is 4.98 Å². The van der Waals surface area contributed by atoms with Crippen LogP contribution in [0.4, 0.5) is 0 Å². The molecule has 0 atom stereocenters. The van der Waals surface area contributed by atoms with Crippen LogP contribution in [0.1, 0.15) is 5.89 Å². The van der Waals surface area contributed by atoms with Crippen LogP contribution in [0.3, 0.4) is 0 Å². The summed E-state index contributed by atoms with van der Waals surface area (Å²) in [6.45, 7) is 2.26. The Morgan fingerprint density at radius 3 is 3.19 bits per heavy atom. The van der Waals surface area contributed by atoms with Gasteiger partial charge in [0.25, 0.3) is 0 Å². The lowest BCUT2D eigenvalue weighted by Gasteiger charge is -2.24. The van der Waals surface area contributed by atoms with E-state index in [0.717, 1.165) is 17.9 Å². The van der Waals surface area contributed by atoms with Gasteiger partial charge in [-0.3, -0.25) is 9.69 Å². The Bertz CT molecular complexity index is 641. The number of aromatic nitrogens is 2. The number of hydrogen-bond donors (Lipinski definition) is 1. The summed E-state index contributed by atoms with van der Waals surface area (Å²) in [5, 5.41) is 6.76. The summed E-state index contributed by atoms with van der Waals surface area (Å²) >= 11 is 0. The molecular formula is C14H16N4O3. The van der Waals surface area contributed by atoms with E-state index in [4.69, 9.17) is 9.26 Å². The summed E-state index contributed by atoms with van der Waals surface area (Å²) in [5.74, 6) is 1.79. The van der Waals surface area contributed by atoms with Gasteiger partial charge in [-0.15, -0.1) is 0 Å². The highest BCUT2D eigenvalue weighted by molar-refractivity contribution is 5.78. The fourth-order valence-corrected chi connectivity index (χ4v) is 2.22. The molecule has 1 fully saturated rings. The standard InChI is InChI=1S/C14H16N4O3/c1-20-11-4-2-3-10(7-11)14-16-13(21-17-14)9-18-6-5-15-12(19)8-18/h2-4,7H,5-6,8-9H2,1H3,(H,15,19). The second-order valence-corrected chi connectivity index (χ2v) is 4.80. The third kappa shape index (κ3) is 3.19. The quantitative estimate of drug-likeness (QED) is 0.891. The van der Waals surface area contributed by atoms with E-state index in [0.29, 0.717) is 31.3 Å². The molecule has 3 rings (SSSR count). The molecule has 21 heavy (non-hydrogen) atoms. The number of rotatable bonds is 4. The number of ether oxygens (including phenoxy) is 1. The summed E-state index contributed by atoms with van der Waals surface area (Å²) in [5.41, 5.74) is 0.834. The second kappa shape index (κ2) is 5.92. The molecule has 1 aliphatic rings. The molecule has 1 saturated heterocycles. The zero-order valence-corrected chi connectivity index (χ0v) is 11.7. The van der Waals surface area contributed by atoms with Crippen LogP contribution in [-0.2, 0) is 11.3 Å². The van der Waals surface area contributed by atoms with Crippen molar-refractivity contribution >= 4 is 5.91 Å². The smallest absolute Gasteiger partial charge is 0.241 e. The molecule has 0 unspecified atom stereocenters. The molecule has 1 aliphatic heterocycles. The summed E-state index contributed by atoms with van der Waals surface area (Å²) < 4.78 is 10.4. The molecule has 1 amide bonds. The van der Waals surface area contributed by atoms with Crippen LogP contribution < -0.4 is 10.1 Å². The molecule has 7 nitrogen and oxygen atoms in total. The predicted octanol–water partition coefficient (Wildman–Crippen LogP) is 0.677. The fraction of sp³-hybridized carbons (Fsp3) is 0.357. The Morgan fingerprint density at radius 1 is 1.48 bits per heavy atom. The van der Waals surface area contributed by atoms with Crippen LogP contribution in [0, 0.1) is 0 Å². The van der Waals surface area contributed by atoms with Crippen molar-refractivity contribution in [1.29, 1.82) is 0 Å². The van der Waals surface area contributed by atoms with Gasteiger partial charge in [-0.1, -0.05) is 17.3 Å². The number of piperazine rings is 1. The average molecular weight is 288 g/mol. The van der Waals surface area contributed by atoms with Crippen LogP contribution in [0.5, 0.6) is 5.75 Å². The highest BCUT2D eigenvalue weighted by Crippen LogP contribution is 2.21. The second-order valence-electron chi connectivity index (χ2n) is 4.80. The van der Waals surface area contributed by atoms with Crippen molar-refractivity contribution in [2.45, 2.75) is 6.54 Å². The molecule has 7 heteroatoms. The predicted molar refractivity (Wildman–Crippen MR) is 74.6 cm³/mol. The first-order valence-corrected chi connectivity index (χ1v) is 6.70. The van der Waals surface area contributed by atoms with Crippen LogP contribution in [0.2, 0.25) is 0 Å². The summed E-state index contributed by atoms with van der Waals surface area (Å²) in [7, 11) is 1.61. The van der Waals surface area contributed by atoms with Crippen LogP contribution in [-0.4, -0.2) is 47.7 Å². The molecule has 110 valence electrons. The maximum Gasteiger partial charge on any atom is 0.241 e. The first-order chi connectivity index (χ1) is 10.2. The van der Waals surface area contributed by atoms with E-state index < -0.39 is 0 Å². The van der Waals surface area contributed by atoms with Crippen molar-refractivity contribution in [1.82, 2.24) is 20.4 Å². The maximum absolute atomic E-state index is 11.3. The molecule has 1 N–H and O–H groups in total. The Morgan fingerprint density at radius 2 is 2.38 bits per heavy atom. The van der Waals surface area contributed by atoms with Crippen molar-refractivity contribution in [2.24, 2.45) is 0 Å². The number of methoxy groups -OCH3 is 1. The van der Waals surface area contributed by atoms with Gasteiger partial charge in [0.2, 0.25) is 17.6 Å². The molecule has 0 bridgehead atoms. The van der Waals surface area contributed by atoms with Gasteiger partial charge in [0.1, 0.15) is 5.75 Å². The largest absolute Gasteiger partial charge is 0.497 e. The lowest BCUT2D eigenvalue weighted by molar-refractivity contribution is -0.124. The molecule has 2 heterocycles. The first kappa shape index (κ1) is 13.6. The molecular weight excluding hydrogens is 272 g/mol. The minimum atomic E-state index is 0.0220. The lowest BCUT2D eigenvalue weighted by Crippen LogP contribution is -2.47. The highest BCUT2D eigenvalue weighted by atomic mass is 16.5. The van der Waals surface area contributed by atoms with Crippen LogP contribution in [0.25, 0.3) is 11.4 Å². The number of carbonyl (C=O) groups excluding carboxylic acids is 1. The monoisotopic (exact) mass is 288 g/mol. The lowest BCUT2D eigenvalue weighted by atomic mass is 10.2. The first-order valence-electron chi connectivity index (χ1n) is 6.70. The van der Waals surface area contributed by atoms with E-state index in [1.807, 2.05) is 29.2 Å². The number of amides is 1. The molecule has 1 aromatic carbocycles. The SMILES string of the molecule is COc1cccc(-c2noc(CN3CCNC(=O)C3)n2)c1. The topological polar surface area (TPSA) is 80.5 Å². The van der Waals surface area contributed by atoms with Crippen molar-refractivity contribution < 1.29 is 14.1 Å². The van der Waals surface area contributed by atoms with Crippen molar-refractivity contribution in [3.63, 3.8) is 0 Å². The van der Waals surface area contributed by atoms with Gasteiger partial charge in [-0.25, -0.2) is 0 Å². The van der Waals surface area contributed by atoms with Crippen LogP contribution >= 0.6 is 0 Å². The van der Waals surface area contributed by atoms with Crippen molar-refractivity contribution in [2.75, 3.05) is 26.7 Å². The molecule has 0 spiro atoms. The zero-order chi connectivity index (χ0) is 14.7. The summed E-state index contributed by atoms with van der Waals surface area (Å²) in [6, 6.07) is 7.48. The van der Waals surface area contributed by atoms with E-state index in [1.165, 1.54) is 0 Å². The highest BCUT2D eigenvalue weighted by Gasteiger charge is 2.19. The van der Waals surface area contributed by atoms with Crippen molar-refractivity contribution in [3.05, 3.63) is 30.2 Å². The third-order valence-electron chi connectivity index (χ3n) is 3.27. The molecule has 0 radical (unpaired) electrons. The molecule has 0 aliphatic carbocycles. The average Bonchev–Trinajstić information content (AvgIpc) is 2.96. The molecule has 0 saturated carbocycles. The van der Waals surface area contributed by atoms with Gasteiger partial charge in [0.05, 0.1) is 20.2 Å². The Labute approximate surface area is 121 Å². The maximum atomic E-state index is 11.3. The van der Waals surface area contributed by atoms with E-state index in [-0.39, 0.29) is 5.91 Å². The van der Waals surface area contributed by atoms with Gasteiger partial charge in [0.15, 0.2) is 0 Å². The van der Waals surface area contributed by atoms with E-state index in [2.05, 4.69) is 15.5 Å². The molecule has 1 aromatic heterocycles. The number of hydrogen-bond acceptors (Lipinski definition) is 6. The van der Waals surface area contributed by atoms with Gasteiger partial charge < -0.3 is 14.6 Å². The minimum Gasteiger partial charge on any atom is -0.497 e. The van der Waals surface area contributed by atoms with Crippen molar-refractivity contribution in [3.8, 4) is 17.1 Å². The Balaban J connectivity index is 1.72. The number of nitrogens with zero attached hydrogens (tertiary/aromatic N) is 3. The summed E-state index contributed by atoms with van der Waals surface area (Å²) in [4.78, 5) is 17.7. The van der Waals surface area contributed by atoms with E-state index >= 15 is 0 Å². The summed E-state index contributed by atoms with van der Waals surface area (Å²) in [6.07, 6.45) is 0. The number of carbonyl (C=O) groups is 1. The zero-order valence-electron chi connectivity index (χ0n) is 11.7. The minimum absolute atomic E-state index is 0.0220. The molecule has 2 aromatic rings. The Kier molecular flexibility index (Phi) is 3.83. The normalized spacial score (nSPS) is 15.8. The van der Waals surface area contributed by atoms with E-state index in [1.54, 1.807) is 7.11 Å². The fourth-order valence-electron chi connectivity index (χ4n) is 2.22. The Hall–Kier alpha value is -2.41. The van der Waals surface area contributed by atoms with Gasteiger partial charge in [0, 0.05) is 18.7 Å². The number of nitrogens with one attached hydrogen (secondary N) is 1. The van der Waals surface area contributed by atoms with Crippen LogP contribution in [0.15, 0.2) is 28.8 Å².